The number of hydrogen-bond donors (Lipinski definition) is 1. The third-order valence-electron chi connectivity index (χ3n) is 4.72. The van der Waals surface area contributed by atoms with Crippen LogP contribution in [-0.4, -0.2) is 52.6 Å². The van der Waals surface area contributed by atoms with Gasteiger partial charge >= 0.3 is 0 Å². The van der Waals surface area contributed by atoms with E-state index < -0.39 is 0 Å². The molecule has 3 heterocycles. The first-order valence-corrected chi connectivity index (χ1v) is 7.97. The predicted molar refractivity (Wildman–Crippen MR) is 90.5 cm³/mol. The van der Waals surface area contributed by atoms with Crippen molar-refractivity contribution in [2.45, 2.75) is 13.8 Å². The highest BCUT2D eigenvalue weighted by Crippen LogP contribution is 2.31. The first-order chi connectivity index (χ1) is 10.8. The molecule has 1 N–H and O–H groups in total. The fraction of sp³-hybridized carbons (Fsp3) is 0.412. The molecule has 5 heteroatoms. The van der Waals surface area contributed by atoms with Gasteiger partial charge in [-0.15, -0.1) is 0 Å². The van der Waals surface area contributed by atoms with Gasteiger partial charge in [-0.1, -0.05) is 19.1 Å². The lowest BCUT2D eigenvalue weighted by atomic mass is 10.1. The van der Waals surface area contributed by atoms with Crippen molar-refractivity contribution in [1.29, 1.82) is 0 Å². The Morgan fingerprint density at radius 3 is 2.73 bits per heavy atom. The van der Waals surface area contributed by atoms with E-state index in [9.17, 15) is 0 Å². The molecule has 0 atom stereocenters. The van der Waals surface area contributed by atoms with Crippen molar-refractivity contribution in [2.24, 2.45) is 0 Å². The molecule has 1 aromatic carbocycles. The molecular formula is C17H21N5. The van der Waals surface area contributed by atoms with Gasteiger partial charge in [-0.3, -0.25) is 0 Å². The third-order valence-corrected chi connectivity index (χ3v) is 4.72. The van der Waals surface area contributed by atoms with Gasteiger partial charge in [-0.25, -0.2) is 9.97 Å². The van der Waals surface area contributed by atoms with Gasteiger partial charge in [0.25, 0.3) is 0 Å². The van der Waals surface area contributed by atoms with E-state index in [4.69, 9.17) is 0 Å². The quantitative estimate of drug-likeness (QED) is 0.789. The maximum absolute atomic E-state index is 4.57. The van der Waals surface area contributed by atoms with Crippen molar-refractivity contribution >= 4 is 27.8 Å². The van der Waals surface area contributed by atoms with Gasteiger partial charge in [0.2, 0.25) is 0 Å². The van der Waals surface area contributed by atoms with Gasteiger partial charge in [-0.05, 0) is 25.1 Å². The minimum Gasteiger partial charge on any atom is -0.352 e. The van der Waals surface area contributed by atoms with E-state index in [1.54, 1.807) is 6.33 Å². The van der Waals surface area contributed by atoms with Crippen LogP contribution in [-0.2, 0) is 0 Å². The van der Waals surface area contributed by atoms with Crippen LogP contribution in [0.2, 0.25) is 0 Å². The molecule has 4 rings (SSSR count). The lowest BCUT2D eigenvalue weighted by molar-refractivity contribution is 0.270. The van der Waals surface area contributed by atoms with Crippen molar-refractivity contribution in [1.82, 2.24) is 19.9 Å². The Morgan fingerprint density at radius 1 is 1.14 bits per heavy atom. The number of aromatic amines is 1. The Labute approximate surface area is 130 Å². The lowest BCUT2D eigenvalue weighted by Crippen LogP contribution is -2.46. The summed E-state index contributed by atoms with van der Waals surface area (Å²) in [4.78, 5) is 17.5. The van der Waals surface area contributed by atoms with Crippen LogP contribution in [0.15, 0.2) is 24.5 Å². The highest BCUT2D eigenvalue weighted by molar-refractivity contribution is 6.09. The number of aromatic nitrogens is 3. The molecular weight excluding hydrogens is 274 g/mol. The number of rotatable bonds is 2. The Hall–Kier alpha value is -2.14. The minimum atomic E-state index is 1.02. The zero-order valence-electron chi connectivity index (χ0n) is 13.1. The van der Waals surface area contributed by atoms with Crippen molar-refractivity contribution < 1.29 is 0 Å². The number of likely N-dealkylation sites (N-methyl/N-ethyl adjacent to an activating group) is 1. The van der Waals surface area contributed by atoms with Crippen LogP contribution in [0, 0.1) is 6.92 Å². The Balaban J connectivity index is 1.82. The number of H-pyrrole nitrogens is 1. The van der Waals surface area contributed by atoms with E-state index in [2.05, 4.69) is 56.8 Å². The number of hydrogen-bond acceptors (Lipinski definition) is 4. The summed E-state index contributed by atoms with van der Waals surface area (Å²) in [5.74, 6) is 1.04. The number of aryl methyl sites for hydroxylation is 1. The normalized spacial score (nSPS) is 16.7. The second-order valence-electron chi connectivity index (χ2n) is 5.96. The zero-order chi connectivity index (χ0) is 15.1. The molecule has 0 saturated carbocycles. The van der Waals surface area contributed by atoms with Crippen molar-refractivity contribution in [3.8, 4) is 0 Å². The number of piperazine rings is 1. The fourth-order valence-corrected chi connectivity index (χ4v) is 3.42. The fourth-order valence-electron chi connectivity index (χ4n) is 3.42. The van der Waals surface area contributed by atoms with E-state index >= 15 is 0 Å². The van der Waals surface area contributed by atoms with Gasteiger partial charge in [0.1, 0.15) is 17.4 Å². The molecule has 3 aromatic rings. The predicted octanol–water partition coefficient (Wildman–Crippen LogP) is 2.56. The molecule has 22 heavy (non-hydrogen) atoms. The summed E-state index contributed by atoms with van der Waals surface area (Å²) >= 11 is 0. The minimum absolute atomic E-state index is 1.02. The molecule has 1 fully saturated rings. The summed E-state index contributed by atoms with van der Waals surface area (Å²) in [5.41, 5.74) is 4.50. The number of fused-ring (bicyclic) bond motifs is 3. The SMILES string of the molecule is CCN1CCN(c2ncnc3c2[nH]c2cccc(C)c23)CC1. The van der Waals surface area contributed by atoms with Crippen LogP contribution >= 0.6 is 0 Å². The summed E-state index contributed by atoms with van der Waals surface area (Å²) in [6.45, 7) is 9.72. The highest BCUT2D eigenvalue weighted by Gasteiger charge is 2.20. The highest BCUT2D eigenvalue weighted by atomic mass is 15.3. The average Bonchev–Trinajstić information content (AvgIpc) is 2.95. The van der Waals surface area contributed by atoms with E-state index in [0.717, 1.165) is 55.1 Å². The second-order valence-corrected chi connectivity index (χ2v) is 5.96. The topological polar surface area (TPSA) is 48.1 Å². The molecule has 1 aliphatic heterocycles. The van der Waals surface area contributed by atoms with Crippen LogP contribution in [0.4, 0.5) is 5.82 Å². The second kappa shape index (κ2) is 5.25. The maximum atomic E-state index is 4.57. The Kier molecular flexibility index (Phi) is 3.22. The van der Waals surface area contributed by atoms with Gasteiger partial charge < -0.3 is 14.8 Å². The van der Waals surface area contributed by atoms with Gasteiger partial charge in [-0.2, -0.15) is 0 Å². The summed E-state index contributed by atoms with van der Waals surface area (Å²) in [5, 5.41) is 1.22. The summed E-state index contributed by atoms with van der Waals surface area (Å²) in [7, 11) is 0. The average molecular weight is 295 g/mol. The summed E-state index contributed by atoms with van der Waals surface area (Å²) in [6, 6.07) is 6.33. The lowest BCUT2D eigenvalue weighted by Gasteiger charge is -2.34. The molecule has 5 nitrogen and oxygen atoms in total. The van der Waals surface area contributed by atoms with Crippen molar-refractivity contribution in [3.05, 3.63) is 30.1 Å². The van der Waals surface area contributed by atoms with Crippen LogP contribution < -0.4 is 4.90 Å². The molecule has 0 unspecified atom stereocenters. The van der Waals surface area contributed by atoms with E-state index in [0.29, 0.717) is 0 Å². The first kappa shape index (κ1) is 13.5. The van der Waals surface area contributed by atoms with Crippen molar-refractivity contribution in [2.75, 3.05) is 37.6 Å². The maximum Gasteiger partial charge on any atom is 0.156 e. The smallest absolute Gasteiger partial charge is 0.156 e. The molecule has 0 bridgehead atoms. The molecule has 2 aromatic heterocycles. The Bertz CT molecular complexity index is 814. The summed E-state index contributed by atoms with van der Waals surface area (Å²) < 4.78 is 0. The summed E-state index contributed by atoms with van der Waals surface area (Å²) in [6.07, 6.45) is 1.70. The Morgan fingerprint density at radius 2 is 1.95 bits per heavy atom. The van der Waals surface area contributed by atoms with Crippen LogP contribution in [0.1, 0.15) is 12.5 Å². The molecule has 114 valence electrons. The van der Waals surface area contributed by atoms with E-state index in [1.807, 2.05) is 0 Å². The number of nitrogens with zero attached hydrogens (tertiary/aromatic N) is 4. The van der Waals surface area contributed by atoms with Crippen LogP contribution in [0.3, 0.4) is 0 Å². The number of nitrogens with one attached hydrogen (secondary N) is 1. The van der Waals surface area contributed by atoms with Gasteiger partial charge in [0.05, 0.1) is 0 Å². The largest absolute Gasteiger partial charge is 0.352 e. The van der Waals surface area contributed by atoms with Crippen LogP contribution in [0.25, 0.3) is 21.9 Å². The molecule has 0 aliphatic carbocycles. The molecule has 1 aliphatic rings. The third kappa shape index (κ3) is 2.04. The van der Waals surface area contributed by atoms with Crippen LogP contribution in [0.5, 0.6) is 0 Å². The van der Waals surface area contributed by atoms with E-state index in [1.165, 1.54) is 10.9 Å². The van der Waals surface area contributed by atoms with Gasteiger partial charge in [0.15, 0.2) is 5.82 Å². The molecule has 0 radical (unpaired) electrons. The molecule has 1 saturated heterocycles. The monoisotopic (exact) mass is 295 g/mol. The molecule has 0 spiro atoms. The first-order valence-electron chi connectivity index (χ1n) is 7.97. The zero-order valence-corrected chi connectivity index (χ0v) is 13.1. The number of benzene rings is 1. The van der Waals surface area contributed by atoms with Crippen molar-refractivity contribution in [3.63, 3.8) is 0 Å². The molecule has 0 amide bonds. The van der Waals surface area contributed by atoms with E-state index in [-0.39, 0.29) is 0 Å². The standard InChI is InChI=1S/C17H21N5/c1-3-21-7-9-22(10-8-21)17-16-15(18-11-19-17)14-12(2)5-4-6-13(14)20-16/h4-6,11,20H,3,7-10H2,1-2H3. The number of anilines is 1. The van der Waals surface area contributed by atoms with Gasteiger partial charge in [0, 0.05) is 37.1 Å².